The topological polar surface area (TPSA) is 28.2 Å². The smallest absolute Gasteiger partial charge is 0.126 e. The zero-order valence-corrected chi connectivity index (χ0v) is 12.0. The van der Waals surface area contributed by atoms with Crippen molar-refractivity contribution in [3.8, 4) is 0 Å². The highest BCUT2D eigenvalue weighted by Gasteiger charge is 2.22. The fraction of sp³-hybridized carbons (Fsp3) is 0.643. The molecule has 1 N–H and O–H groups in total. The number of rotatable bonds is 5. The SMILES string of the molecule is CCCC1CCN(Cc2nc(NC)ccc2Cl)C1. The molecule has 4 heteroatoms. The Hall–Kier alpha value is -0.800. The first-order chi connectivity index (χ1) is 8.72. The summed E-state index contributed by atoms with van der Waals surface area (Å²) in [5.74, 6) is 1.75. The lowest BCUT2D eigenvalue weighted by Gasteiger charge is -2.16. The molecule has 0 aliphatic carbocycles. The van der Waals surface area contributed by atoms with Gasteiger partial charge in [-0.2, -0.15) is 0 Å². The van der Waals surface area contributed by atoms with Gasteiger partial charge < -0.3 is 5.32 Å². The molecule has 0 bridgehead atoms. The van der Waals surface area contributed by atoms with Gasteiger partial charge in [-0.05, 0) is 37.4 Å². The van der Waals surface area contributed by atoms with E-state index < -0.39 is 0 Å². The van der Waals surface area contributed by atoms with E-state index in [-0.39, 0.29) is 0 Å². The summed E-state index contributed by atoms with van der Waals surface area (Å²) in [6, 6.07) is 3.84. The summed E-state index contributed by atoms with van der Waals surface area (Å²) in [6.07, 6.45) is 3.94. The number of halogens is 1. The molecular weight excluding hydrogens is 246 g/mol. The maximum Gasteiger partial charge on any atom is 0.126 e. The predicted octanol–water partition coefficient (Wildman–Crippen LogP) is 3.40. The quantitative estimate of drug-likeness (QED) is 0.886. The highest BCUT2D eigenvalue weighted by molar-refractivity contribution is 6.31. The molecule has 2 heterocycles. The average molecular weight is 268 g/mol. The molecule has 1 saturated heterocycles. The fourth-order valence-corrected chi connectivity index (χ4v) is 2.81. The second kappa shape index (κ2) is 6.39. The third-order valence-electron chi connectivity index (χ3n) is 3.62. The minimum Gasteiger partial charge on any atom is -0.373 e. The Labute approximate surface area is 115 Å². The van der Waals surface area contributed by atoms with Crippen molar-refractivity contribution < 1.29 is 0 Å². The largest absolute Gasteiger partial charge is 0.373 e. The van der Waals surface area contributed by atoms with E-state index in [0.717, 1.165) is 29.0 Å². The lowest BCUT2D eigenvalue weighted by Crippen LogP contribution is -2.21. The Kier molecular flexibility index (Phi) is 4.84. The van der Waals surface area contributed by atoms with Gasteiger partial charge in [0.2, 0.25) is 0 Å². The van der Waals surface area contributed by atoms with Gasteiger partial charge in [-0.25, -0.2) is 4.98 Å². The Balaban J connectivity index is 1.97. The van der Waals surface area contributed by atoms with Crippen molar-refractivity contribution in [1.29, 1.82) is 0 Å². The van der Waals surface area contributed by atoms with E-state index in [4.69, 9.17) is 11.6 Å². The van der Waals surface area contributed by atoms with E-state index in [1.54, 1.807) is 0 Å². The number of hydrogen-bond donors (Lipinski definition) is 1. The van der Waals surface area contributed by atoms with Gasteiger partial charge in [0.15, 0.2) is 0 Å². The maximum atomic E-state index is 6.21. The van der Waals surface area contributed by atoms with Gasteiger partial charge in [-0.15, -0.1) is 0 Å². The van der Waals surface area contributed by atoms with E-state index in [2.05, 4.69) is 22.1 Å². The lowest BCUT2D eigenvalue weighted by molar-refractivity contribution is 0.309. The minimum absolute atomic E-state index is 0.771. The lowest BCUT2D eigenvalue weighted by atomic mass is 10.0. The van der Waals surface area contributed by atoms with Crippen LogP contribution in [0, 0.1) is 5.92 Å². The van der Waals surface area contributed by atoms with Crippen molar-refractivity contribution in [3.05, 3.63) is 22.8 Å². The van der Waals surface area contributed by atoms with Gasteiger partial charge >= 0.3 is 0 Å². The van der Waals surface area contributed by atoms with Crippen LogP contribution in [0.1, 0.15) is 31.9 Å². The normalized spacial score (nSPS) is 20.3. The van der Waals surface area contributed by atoms with E-state index >= 15 is 0 Å². The van der Waals surface area contributed by atoms with E-state index in [1.165, 1.54) is 32.4 Å². The molecule has 1 atom stereocenters. The molecule has 3 nitrogen and oxygen atoms in total. The molecule has 1 fully saturated rings. The van der Waals surface area contributed by atoms with Crippen molar-refractivity contribution in [1.82, 2.24) is 9.88 Å². The summed E-state index contributed by atoms with van der Waals surface area (Å²) < 4.78 is 0. The summed E-state index contributed by atoms with van der Waals surface area (Å²) in [4.78, 5) is 7.01. The summed E-state index contributed by atoms with van der Waals surface area (Å²) in [5.41, 5.74) is 0.987. The van der Waals surface area contributed by atoms with Crippen LogP contribution in [-0.4, -0.2) is 30.0 Å². The molecule has 0 saturated carbocycles. The van der Waals surface area contributed by atoms with Gasteiger partial charge in [-0.1, -0.05) is 24.9 Å². The zero-order valence-electron chi connectivity index (χ0n) is 11.2. The van der Waals surface area contributed by atoms with Crippen LogP contribution in [0.5, 0.6) is 0 Å². The number of nitrogens with zero attached hydrogens (tertiary/aromatic N) is 2. The first-order valence-electron chi connectivity index (χ1n) is 6.78. The van der Waals surface area contributed by atoms with E-state index in [1.807, 2.05) is 19.2 Å². The minimum atomic E-state index is 0.771. The highest BCUT2D eigenvalue weighted by Crippen LogP contribution is 2.24. The van der Waals surface area contributed by atoms with Gasteiger partial charge in [0.05, 0.1) is 10.7 Å². The molecule has 1 aromatic heterocycles. The Morgan fingerprint density at radius 3 is 3.06 bits per heavy atom. The van der Waals surface area contributed by atoms with Crippen LogP contribution < -0.4 is 5.32 Å². The fourth-order valence-electron chi connectivity index (χ4n) is 2.65. The van der Waals surface area contributed by atoms with Gasteiger partial charge in [0, 0.05) is 20.1 Å². The first-order valence-corrected chi connectivity index (χ1v) is 7.16. The highest BCUT2D eigenvalue weighted by atomic mass is 35.5. The third-order valence-corrected chi connectivity index (χ3v) is 3.96. The van der Waals surface area contributed by atoms with Crippen molar-refractivity contribution in [3.63, 3.8) is 0 Å². The van der Waals surface area contributed by atoms with Crippen LogP contribution >= 0.6 is 11.6 Å². The summed E-state index contributed by atoms with van der Waals surface area (Å²) in [5, 5.41) is 3.83. The van der Waals surface area contributed by atoms with Crippen molar-refractivity contribution >= 4 is 17.4 Å². The Morgan fingerprint density at radius 1 is 1.50 bits per heavy atom. The molecule has 1 aliphatic rings. The van der Waals surface area contributed by atoms with Crippen LogP contribution in [0.15, 0.2) is 12.1 Å². The number of likely N-dealkylation sites (tertiary alicyclic amines) is 1. The summed E-state index contributed by atoms with van der Waals surface area (Å²) >= 11 is 6.21. The zero-order chi connectivity index (χ0) is 13.0. The van der Waals surface area contributed by atoms with Crippen LogP contribution in [0.4, 0.5) is 5.82 Å². The monoisotopic (exact) mass is 267 g/mol. The van der Waals surface area contributed by atoms with Crippen LogP contribution in [0.25, 0.3) is 0 Å². The molecule has 0 amide bonds. The van der Waals surface area contributed by atoms with Crippen LogP contribution in [-0.2, 0) is 6.54 Å². The standard InChI is InChI=1S/C14H22ClN3/c1-3-4-11-7-8-18(9-11)10-13-12(15)5-6-14(16-2)17-13/h5-6,11H,3-4,7-10H2,1-2H3,(H,16,17). The Morgan fingerprint density at radius 2 is 2.33 bits per heavy atom. The molecule has 1 aliphatic heterocycles. The number of hydrogen-bond acceptors (Lipinski definition) is 3. The molecule has 0 radical (unpaired) electrons. The number of anilines is 1. The number of nitrogens with one attached hydrogen (secondary N) is 1. The van der Waals surface area contributed by atoms with Gasteiger partial charge in [0.1, 0.15) is 5.82 Å². The molecule has 100 valence electrons. The molecular formula is C14H22ClN3. The van der Waals surface area contributed by atoms with Crippen molar-refractivity contribution in [2.45, 2.75) is 32.7 Å². The van der Waals surface area contributed by atoms with Crippen molar-refractivity contribution in [2.24, 2.45) is 5.92 Å². The van der Waals surface area contributed by atoms with E-state index in [0.29, 0.717) is 0 Å². The second-order valence-electron chi connectivity index (χ2n) is 5.05. The van der Waals surface area contributed by atoms with Crippen LogP contribution in [0.2, 0.25) is 5.02 Å². The molecule has 0 spiro atoms. The molecule has 0 aromatic carbocycles. The van der Waals surface area contributed by atoms with Crippen LogP contribution in [0.3, 0.4) is 0 Å². The average Bonchev–Trinajstić information content (AvgIpc) is 2.80. The summed E-state index contributed by atoms with van der Waals surface area (Å²) in [7, 11) is 1.88. The first kappa shape index (κ1) is 13.6. The third kappa shape index (κ3) is 3.36. The second-order valence-corrected chi connectivity index (χ2v) is 5.46. The van der Waals surface area contributed by atoms with E-state index in [9.17, 15) is 0 Å². The van der Waals surface area contributed by atoms with Gasteiger partial charge in [-0.3, -0.25) is 4.90 Å². The van der Waals surface area contributed by atoms with Crippen molar-refractivity contribution in [2.75, 3.05) is 25.5 Å². The molecule has 18 heavy (non-hydrogen) atoms. The number of aromatic nitrogens is 1. The molecule has 1 aromatic rings. The predicted molar refractivity (Wildman–Crippen MR) is 77.1 cm³/mol. The molecule has 1 unspecified atom stereocenters. The Bertz CT molecular complexity index is 395. The summed E-state index contributed by atoms with van der Waals surface area (Å²) in [6.45, 7) is 5.49. The number of pyridine rings is 1. The van der Waals surface area contributed by atoms with Gasteiger partial charge in [0.25, 0.3) is 0 Å². The maximum absolute atomic E-state index is 6.21. The molecule has 2 rings (SSSR count).